The van der Waals surface area contributed by atoms with Crippen LogP contribution in [-0.2, 0) is 17.6 Å². The number of aromatic nitrogens is 1. The number of hydrogen-bond donors (Lipinski definition) is 1. The van der Waals surface area contributed by atoms with Gasteiger partial charge in [0.25, 0.3) is 5.91 Å². The Morgan fingerprint density at radius 3 is 2.62 bits per heavy atom. The van der Waals surface area contributed by atoms with Gasteiger partial charge >= 0.3 is 0 Å². The molecule has 2 aliphatic rings. The smallest absolute Gasteiger partial charge is 0.258 e. The van der Waals surface area contributed by atoms with Crippen molar-refractivity contribution in [2.45, 2.75) is 56.3 Å². The third kappa shape index (κ3) is 5.20. The van der Waals surface area contributed by atoms with Crippen LogP contribution < -0.4 is 5.32 Å². The number of carbonyl (C=O) groups is 2. The number of likely N-dealkylation sites (tertiary alicyclic amines) is 1. The van der Waals surface area contributed by atoms with Crippen LogP contribution in [0.5, 0.6) is 0 Å². The zero-order valence-electron chi connectivity index (χ0n) is 16.6. The van der Waals surface area contributed by atoms with Crippen molar-refractivity contribution in [1.29, 1.82) is 0 Å². The molecule has 5 nitrogen and oxygen atoms in total. The van der Waals surface area contributed by atoms with Crippen molar-refractivity contribution in [3.8, 4) is 0 Å². The molecule has 0 radical (unpaired) electrons. The van der Waals surface area contributed by atoms with Crippen LogP contribution in [0.2, 0.25) is 0 Å². The van der Waals surface area contributed by atoms with Crippen molar-refractivity contribution < 1.29 is 9.59 Å². The van der Waals surface area contributed by atoms with E-state index >= 15 is 0 Å². The number of aryl methyl sites for hydroxylation is 2. The summed E-state index contributed by atoms with van der Waals surface area (Å²) in [7, 11) is 0. The fourth-order valence-electron chi connectivity index (χ4n) is 3.90. The number of nitrogens with zero attached hydrogens (tertiary/aromatic N) is 2. The fourth-order valence-corrected chi connectivity index (χ4v) is 5.90. The van der Waals surface area contributed by atoms with Gasteiger partial charge in [-0.1, -0.05) is 25.0 Å². The molecule has 4 rings (SSSR count). The molecule has 154 valence electrons. The molecule has 1 N–H and O–H groups in total. The number of thioether (sulfide) groups is 1. The quantitative estimate of drug-likeness (QED) is 0.696. The second-order valence-electron chi connectivity index (χ2n) is 7.63. The van der Waals surface area contributed by atoms with E-state index in [9.17, 15) is 9.59 Å². The van der Waals surface area contributed by atoms with Crippen LogP contribution in [0, 0.1) is 0 Å². The van der Waals surface area contributed by atoms with E-state index in [0.717, 1.165) is 49.4 Å². The molecule has 2 amide bonds. The molecule has 7 heteroatoms. The highest BCUT2D eigenvalue weighted by molar-refractivity contribution is 8.00. The molecule has 0 unspecified atom stereocenters. The van der Waals surface area contributed by atoms with Gasteiger partial charge in [0.1, 0.15) is 0 Å². The minimum Gasteiger partial charge on any atom is -0.342 e. The number of fused-ring (bicyclic) bond motifs is 1. The minimum absolute atomic E-state index is 0.150. The molecule has 1 aliphatic heterocycles. The first-order valence-electron chi connectivity index (χ1n) is 10.5. The number of thiazole rings is 1. The van der Waals surface area contributed by atoms with Gasteiger partial charge in [-0.2, -0.15) is 0 Å². The summed E-state index contributed by atoms with van der Waals surface area (Å²) in [6.45, 7) is 1.71. The van der Waals surface area contributed by atoms with E-state index in [4.69, 9.17) is 4.98 Å². The van der Waals surface area contributed by atoms with Gasteiger partial charge in [0, 0.05) is 22.9 Å². The lowest BCUT2D eigenvalue weighted by Crippen LogP contribution is -2.29. The summed E-state index contributed by atoms with van der Waals surface area (Å²) in [5.41, 5.74) is 1.76. The second kappa shape index (κ2) is 9.76. The maximum absolute atomic E-state index is 12.9. The summed E-state index contributed by atoms with van der Waals surface area (Å²) >= 11 is 3.06. The Balaban J connectivity index is 1.42. The lowest BCUT2D eigenvalue weighted by Gasteiger charge is -2.15. The van der Waals surface area contributed by atoms with Gasteiger partial charge in [0.05, 0.1) is 17.0 Å². The van der Waals surface area contributed by atoms with Crippen LogP contribution in [0.15, 0.2) is 29.2 Å². The average Bonchev–Trinajstić information content (AvgIpc) is 3.37. The highest BCUT2D eigenvalue weighted by atomic mass is 32.2. The van der Waals surface area contributed by atoms with Crippen LogP contribution in [-0.4, -0.2) is 40.5 Å². The Kier molecular flexibility index (Phi) is 6.87. The van der Waals surface area contributed by atoms with E-state index in [1.165, 1.54) is 42.3 Å². The zero-order valence-corrected chi connectivity index (χ0v) is 18.2. The van der Waals surface area contributed by atoms with Crippen molar-refractivity contribution in [2.75, 3.05) is 24.2 Å². The maximum atomic E-state index is 12.9. The van der Waals surface area contributed by atoms with E-state index in [-0.39, 0.29) is 11.8 Å². The normalized spacial score (nSPS) is 16.8. The number of carbonyl (C=O) groups excluding carboxylic acids is 2. The second-order valence-corrected chi connectivity index (χ2v) is 9.73. The SMILES string of the molecule is O=C(Nc1nc2c(s1)CCCCCC2)c1ccccc1SCC(=O)N1CCCC1. The Labute approximate surface area is 180 Å². The lowest BCUT2D eigenvalue weighted by molar-refractivity contribution is -0.127. The summed E-state index contributed by atoms with van der Waals surface area (Å²) in [6.07, 6.45) is 9.17. The van der Waals surface area contributed by atoms with Gasteiger partial charge in [-0.3, -0.25) is 14.9 Å². The largest absolute Gasteiger partial charge is 0.342 e. The number of nitrogens with one attached hydrogen (secondary N) is 1. The van der Waals surface area contributed by atoms with E-state index in [1.54, 1.807) is 11.3 Å². The summed E-state index contributed by atoms with van der Waals surface area (Å²) in [5, 5.41) is 3.69. The van der Waals surface area contributed by atoms with Crippen LogP contribution in [0.4, 0.5) is 5.13 Å². The van der Waals surface area contributed by atoms with Gasteiger partial charge in [-0.15, -0.1) is 23.1 Å². The van der Waals surface area contributed by atoms with E-state index in [2.05, 4.69) is 5.32 Å². The fraction of sp³-hybridized carbons (Fsp3) is 0.500. The first-order chi connectivity index (χ1) is 14.2. The predicted octanol–water partition coefficient (Wildman–Crippen LogP) is 4.77. The minimum atomic E-state index is -0.150. The Bertz CT molecular complexity index is 849. The third-order valence-corrected chi connectivity index (χ3v) is 7.64. The lowest BCUT2D eigenvalue weighted by atomic mass is 10.0. The summed E-state index contributed by atoms with van der Waals surface area (Å²) < 4.78 is 0. The Morgan fingerprint density at radius 2 is 1.79 bits per heavy atom. The van der Waals surface area contributed by atoms with Crippen LogP contribution in [0.25, 0.3) is 0 Å². The van der Waals surface area contributed by atoms with Crippen LogP contribution in [0.3, 0.4) is 0 Å². The molecule has 0 spiro atoms. The van der Waals surface area contributed by atoms with Crippen molar-refractivity contribution >= 4 is 40.0 Å². The van der Waals surface area contributed by atoms with E-state index in [1.807, 2.05) is 29.2 Å². The molecule has 0 saturated carbocycles. The molecule has 1 fully saturated rings. The Hall–Kier alpha value is -1.86. The van der Waals surface area contributed by atoms with Gasteiger partial charge in [0.2, 0.25) is 5.91 Å². The molecule has 29 heavy (non-hydrogen) atoms. The molecule has 2 heterocycles. The van der Waals surface area contributed by atoms with Crippen LogP contribution >= 0.6 is 23.1 Å². The highest BCUT2D eigenvalue weighted by Gasteiger charge is 2.20. The molecule has 1 aromatic heterocycles. The van der Waals surface area contributed by atoms with Crippen molar-refractivity contribution in [3.63, 3.8) is 0 Å². The molecular weight excluding hydrogens is 402 g/mol. The summed E-state index contributed by atoms with van der Waals surface area (Å²) in [6, 6.07) is 7.51. The molecule has 1 saturated heterocycles. The maximum Gasteiger partial charge on any atom is 0.258 e. The number of benzene rings is 1. The van der Waals surface area contributed by atoms with Crippen molar-refractivity contribution in [2.24, 2.45) is 0 Å². The summed E-state index contributed by atoms with van der Waals surface area (Å²) in [4.78, 5) is 34.1. The van der Waals surface area contributed by atoms with E-state index in [0.29, 0.717) is 16.4 Å². The zero-order chi connectivity index (χ0) is 20.1. The van der Waals surface area contributed by atoms with Gasteiger partial charge in [-0.25, -0.2) is 4.98 Å². The van der Waals surface area contributed by atoms with Gasteiger partial charge in [0.15, 0.2) is 5.13 Å². The highest BCUT2D eigenvalue weighted by Crippen LogP contribution is 2.30. The number of amides is 2. The molecule has 2 aromatic rings. The van der Waals surface area contributed by atoms with E-state index < -0.39 is 0 Å². The Morgan fingerprint density at radius 1 is 1.03 bits per heavy atom. The molecule has 0 atom stereocenters. The third-order valence-electron chi connectivity index (χ3n) is 5.51. The first-order valence-corrected chi connectivity index (χ1v) is 12.3. The van der Waals surface area contributed by atoms with Gasteiger partial charge < -0.3 is 4.90 Å². The molecule has 1 aromatic carbocycles. The molecule has 0 bridgehead atoms. The van der Waals surface area contributed by atoms with Crippen molar-refractivity contribution in [1.82, 2.24) is 9.88 Å². The monoisotopic (exact) mass is 429 g/mol. The first kappa shape index (κ1) is 20.4. The topological polar surface area (TPSA) is 62.3 Å². The summed E-state index contributed by atoms with van der Waals surface area (Å²) in [5.74, 6) is 0.376. The standard InChI is InChI=1S/C22H27N3O2S2/c26-20(25-13-7-8-14-25)15-28-18-11-6-5-9-16(18)21(27)24-22-23-17-10-3-1-2-4-12-19(17)29-22/h5-6,9,11H,1-4,7-8,10,12-15H2,(H,23,24,27). The molecule has 1 aliphatic carbocycles. The number of rotatable bonds is 5. The average molecular weight is 430 g/mol. The van der Waals surface area contributed by atoms with Gasteiger partial charge in [-0.05, 0) is 50.7 Å². The molecular formula is C22H27N3O2S2. The van der Waals surface area contributed by atoms with Crippen LogP contribution in [0.1, 0.15) is 59.5 Å². The number of hydrogen-bond acceptors (Lipinski definition) is 5. The van der Waals surface area contributed by atoms with Crippen molar-refractivity contribution in [3.05, 3.63) is 40.4 Å². The predicted molar refractivity (Wildman–Crippen MR) is 119 cm³/mol. The number of anilines is 1.